The van der Waals surface area contributed by atoms with Crippen LogP contribution in [0.4, 0.5) is 18.0 Å². The summed E-state index contributed by atoms with van der Waals surface area (Å²) in [4.78, 5) is 38.7. The molecule has 0 aliphatic carbocycles. The van der Waals surface area contributed by atoms with Gasteiger partial charge in [0.15, 0.2) is 5.82 Å². The molecule has 2 aromatic carbocycles. The zero-order chi connectivity index (χ0) is 28.9. The van der Waals surface area contributed by atoms with Gasteiger partial charge in [0.25, 0.3) is 0 Å². The number of nitrogens with one attached hydrogen (secondary N) is 1. The van der Waals surface area contributed by atoms with Gasteiger partial charge in [-0.25, -0.2) is 14.3 Å². The number of carbonyl (C=O) groups is 2. The highest BCUT2D eigenvalue weighted by atomic mass is 35.5. The van der Waals surface area contributed by atoms with E-state index in [1.807, 2.05) is 0 Å². The van der Waals surface area contributed by atoms with Gasteiger partial charge >= 0.3 is 18.0 Å². The predicted octanol–water partition coefficient (Wildman–Crippen LogP) is 5.48. The Labute approximate surface area is 235 Å². The lowest BCUT2D eigenvalue weighted by molar-refractivity contribution is -0.136. The lowest BCUT2D eigenvalue weighted by Crippen LogP contribution is -2.42. The number of likely N-dealkylation sites (N-methyl/N-ethyl adjacent to an activating group) is 1. The molecule has 39 heavy (non-hydrogen) atoms. The molecule has 2 N–H and O–H groups in total. The number of hydrogen-bond donors (Lipinski definition) is 2. The number of nitrogens with zero attached hydrogens (tertiary/aromatic N) is 4. The maximum Gasteiger partial charge on any atom is 0.407 e. The van der Waals surface area contributed by atoms with E-state index in [0.29, 0.717) is 16.1 Å². The quantitative estimate of drug-likeness (QED) is 0.317. The number of carbonyl (C=O) groups excluding carboxylic acids is 1. The van der Waals surface area contributed by atoms with Crippen LogP contribution in [0.2, 0.25) is 15.1 Å². The molecule has 3 rings (SSSR count). The molecule has 2 amide bonds. The SMILES string of the molecule is CCN(CC(NC(=O)Cn1nc(-c2ccc(Cl)cc2)n(CCC(F)(F)F)c1=O)c1cccc(Cl)c1Cl)C(=O)O. The van der Waals surface area contributed by atoms with Gasteiger partial charge in [0.1, 0.15) is 6.54 Å². The lowest BCUT2D eigenvalue weighted by atomic mass is 10.1. The van der Waals surface area contributed by atoms with E-state index < -0.39 is 49.4 Å². The van der Waals surface area contributed by atoms with Crippen LogP contribution in [0.3, 0.4) is 0 Å². The van der Waals surface area contributed by atoms with Crippen LogP contribution in [0.25, 0.3) is 11.4 Å². The second kappa shape index (κ2) is 12.8. The summed E-state index contributed by atoms with van der Waals surface area (Å²) in [7, 11) is 0. The van der Waals surface area contributed by atoms with Crippen molar-refractivity contribution >= 4 is 46.8 Å². The molecule has 0 saturated heterocycles. The minimum Gasteiger partial charge on any atom is -0.465 e. The van der Waals surface area contributed by atoms with Crippen molar-refractivity contribution in [2.24, 2.45) is 0 Å². The Morgan fingerprint density at radius 3 is 2.38 bits per heavy atom. The van der Waals surface area contributed by atoms with Gasteiger partial charge in [0, 0.05) is 30.2 Å². The van der Waals surface area contributed by atoms with Crippen molar-refractivity contribution in [3.8, 4) is 11.4 Å². The summed E-state index contributed by atoms with van der Waals surface area (Å²) < 4.78 is 40.4. The van der Waals surface area contributed by atoms with Gasteiger partial charge in [-0.05, 0) is 42.8 Å². The van der Waals surface area contributed by atoms with Gasteiger partial charge < -0.3 is 15.3 Å². The first kappa shape index (κ1) is 30.3. The molecule has 1 atom stereocenters. The number of alkyl halides is 3. The number of hydrogen-bond acceptors (Lipinski definition) is 4. The van der Waals surface area contributed by atoms with Crippen molar-refractivity contribution in [1.82, 2.24) is 24.6 Å². The Hall–Kier alpha value is -3.22. The van der Waals surface area contributed by atoms with Crippen molar-refractivity contribution in [1.29, 1.82) is 0 Å². The smallest absolute Gasteiger partial charge is 0.407 e. The molecule has 0 aliphatic heterocycles. The number of rotatable bonds is 10. The van der Waals surface area contributed by atoms with Crippen LogP contribution in [-0.4, -0.2) is 55.6 Å². The van der Waals surface area contributed by atoms with Crippen LogP contribution in [0.1, 0.15) is 24.9 Å². The molecular weight excluding hydrogens is 586 g/mol. The molecule has 3 aromatic rings. The fourth-order valence-corrected chi connectivity index (χ4v) is 4.31. The highest BCUT2D eigenvalue weighted by molar-refractivity contribution is 6.42. The summed E-state index contributed by atoms with van der Waals surface area (Å²) in [5.41, 5.74) is -0.277. The van der Waals surface area contributed by atoms with Crippen molar-refractivity contribution in [3.63, 3.8) is 0 Å². The second-order valence-electron chi connectivity index (χ2n) is 8.37. The van der Waals surface area contributed by atoms with Gasteiger partial charge in [-0.15, -0.1) is 5.10 Å². The summed E-state index contributed by atoms with van der Waals surface area (Å²) in [5.74, 6) is -0.839. The summed E-state index contributed by atoms with van der Waals surface area (Å²) in [6, 6.07) is 9.65. The summed E-state index contributed by atoms with van der Waals surface area (Å²) in [6.45, 7) is 0.146. The molecule has 15 heteroatoms. The van der Waals surface area contributed by atoms with Gasteiger partial charge in [0.05, 0.1) is 22.5 Å². The van der Waals surface area contributed by atoms with E-state index in [9.17, 15) is 32.7 Å². The summed E-state index contributed by atoms with van der Waals surface area (Å²) in [5, 5.41) is 16.9. The van der Waals surface area contributed by atoms with Crippen molar-refractivity contribution in [3.05, 3.63) is 73.6 Å². The Bertz CT molecular complexity index is 1390. The summed E-state index contributed by atoms with van der Waals surface area (Å²) in [6.07, 6.45) is -7.06. The second-order valence-corrected chi connectivity index (χ2v) is 9.59. The molecule has 0 bridgehead atoms. The van der Waals surface area contributed by atoms with E-state index in [1.165, 1.54) is 30.3 Å². The van der Waals surface area contributed by atoms with Crippen LogP contribution in [0, 0.1) is 0 Å². The van der Waals surface area contributed by atoms with Gasteiger partial charge in [-0.3, -0.25) is 9.36 Å². The largest absolute Gasteiger partial charge is 0.465 e. The minimum absolute atomic E-state index is 0.0776. The van der Waals surface area contributed by atoms with Crippen LogP contribution < -0.4 is 11.0 Å². The Balaban J connectivity index is 1.93. The first-order chi connectivity index (χ1) is 18.3. The number of carboxylic acid groups (broad SMARTS) is 1. The lowest BCUT2D eigenvalue weighted by Gasteiger charge is -2.26. The third-order valence-electron chi connectivity index (χ3n) is 5.68. The predicted molar refractivity (Wildman–Crippen MR) is 140 cm³/mol. The van der Waals surface area contributed by atoms with E-state index in [-0.39, 0.29) is 29.0 Å². The van der Waals surface area contributed by atoms with Gasteiger partial charge in [0.2, 0.25) is 5.91 Å². The third kappa shape index (κ3) is 7.90. The van der Waals surface area contributed by atoms with Crippen molar-refractivity contribution in [2.45, 2.75) is 38.7 Å². The highest BCUT2D eigenvalue weighted by Crippen LogP contribution is 2.30. The molecule has 0 spiro atoms. The molecule has 0 radical (unpaired) electrons. The van der Waals surface area contributed by atoms with E-state index in [4.69, 9.17) is 34.8 Å². The topological polar surface area (TPSA) is 109 Å². The molecule has 0 aliphatic rings. The molecule has 1 heterocycles. The fourth-order valence-electron chi connectivity index (χ4n) is 3.75. The number of benzene rings is 2. The summed E-state index contributed by atoms with van der Waals surface area (Å²) >= 11 is 18.3. The Morgan fingerprint density at radius 1 is 1.13 bits per heavy atom. The van der Waals surface area contributed by atoms with E-state index in [0.717, 1.165) is 14.1 Å². The Kier molecular flexibility index (Phi) is 9.92. The molecule has 1 aromatic heterocycles. The number of amides is 2. The molecule has 0 saturated carbocycles. The maximum atomic E-state index is 13.0. The van der Waals surface area contributed by atoms with Crippen LogP contribution >= 0.6 is 34.8 Å². The number of aromatic nitrogens is 3. The zero-order valence-corrected chi connectivity index (χ0v) is 22.7. The monoisotopic (exact) mass is 607 g/mol. The van der Waals surface area contributed by atoms with Crippen molar-refractivity contribution < 1.29 is 27.9 Å². The molecule has 1 unspecified atom stereocenters. The Morgan fingerprint density at radius 2 is 1.79 bits per heavy atom. The average molecular weight is 609 g/mol. The first-order valence-electron chi connectivity index (χ1n) is 11.5. The molecule has 9 nitrogen and oxygen atoms in total. The van der Waals surface area contributed by atoms with E-state index in [1.54, 1.807) is 19.1 Å². The first-order valence-corrected chi connectivity index (χ1v) is 12.7. The molecule has 210 valence electrons. The van der Waals surface area contributed by atoms with Crippen molar-refractivity contribution in [2.75, 3.05) is 13.1 Å². The fraction of sp³-hybridized carbons (Fsp3) is 0.333. The zero-order valence-electron chi connectivity index (χ0n) is 20.4. The highest BCUT2D eigenvalue weighted by Gasteiger charge is 2.29. The minimum atomic E-state index is -4.53. The standard InChI is InChI=1S/C24H23Cl3F3N5O4/c1-2-33(23(38)39)12-18(16-4-3-5-17(26)20(16)27)31-19(36)13-35-22(37)34(11-10-24(28,29)30)21(32-35)14-6-8-15(25)9-7-14/h3-9,18H,2,10-13H2,1H3,(H,31,36)(H,38,39). The van der Waals surface area contributed by atoms with Gasteiger partial charge in [-0.2, -0.15) is 13.2 Å². The molecule has 0 fully saturated rings. The number of halogens is 6. The average Bonchev–Trinajstić information content (AvgIpc) is 3.16. The van der Waals surface area contributed by atoms with E-state index in [2.05, 4.69) is 10.4 Å². The van der Waals surface area contributed by atoms with Crippen LogP contribution in [0.5, 0.6) is 0 Å². The van der Waals surface area contributed by atoms with Crippen LogP contribution in [0.15, 0.2) is 47.3 Å². The molecular formula is C24H23Cl3F3N5O4. The third-order valence-corrected chi connectivity index (χ3v) is 6.77. The van der Waals surface area contributed by atoms with E-state index >= 15 is 0 Å². The normalized spacial score (nSPS) is 12.3. The van der Waals surface area contributed by atoms with Crippen LogP contribution in [-0.2, 0) is 17.9 Å². The van der Waals surface area contributed by atoms with Gasteiger partial charge in [-0.1, -0.05) is 46.9 Å². The maximum absolute atomic E-state index is 13.0.